The van der Waals surface area contributed by atoms with Crippen molar-refractivity contribution in [2.45, 2.75) is 57.6 Å². The quantitative estimate of drug-likeness (QED) is 0.916. The highest BCUT2D eigenvalue weighted by atomic mass is 16.5. The van der Waals surface area contributed by atoms with Crippen LogP contribution in [0.3, 0.4) is 0 Å². The molecular weight excluding hydrogens is 262 g/mol. The van der Waals surface area contributed by atoms with Gasteiger partial charge in [-0.25, -0.2) is 0 Å². The first kappa shape index (κ1) is 14.7. The second-order valence-corrected chi connectivity index (χ2v) is 6.52. The molecule has 1 saturated heterocycles. The summed E-state index contributed by atoms with van der Waals surface area (Å²) in [7, 11) is 1.69. The Morgan fingerprint density at radius 1 is 1.19 bits per heavy atom. The number of aliphatic hydroxyl groups excluding tert-OH is 1. The van der Waals surface area contributed by atoms with Crippen molar-refractivity contribution < 1.29 is 9.84 Å². The van der Waals surface area contributed by atoms with Crippen LogP contribution in [0.25, 0.3) is 0 Å². The molecule has 1 aliphatic carbocycles. The maximum Gasteiger partial charge on any atom is 0.126 e. The van der Waals surface area contributed by atoms with Crippen LogP contribution in [0.5, 0.6) is 5.75 Å². The van der Waals surface area contributed by atoms with Crippen LogP contribution in [0, 0.1) is 5.92 Å². The maximum absolute atomic E-state index is 10.2. The number of piperidine rings is 1. The van der Waals surface area contributed by atoms with Gasteiger partial charge in [-0.3, -0.25) is 0 Å². The molecule has 21 heavy (non-hydrogen) atoms. The molecule has 3 nitrogen and oxygen atoms in total. The van der Waals surface area contributed by atoms with E-state index >= 15 is 0 Å². The van der Waals surface area contributed by atoms with Gasteiger partial charge in [-0.05, 0) is 50.7 Å². The van der Waals surface area contributed by atoms with Gasteiger partial charge in [-0.2, -0.15) is 0 Å². The Kier molecular flexibility index (Phi) is 4.39. The molecule has 2 unspecified atom stereocenters. The lowest BCUT2D eigenvalue weighted by molar-refractivity contribution is 0.192. The van der Waals surface area contributed by atoms with Gasteiger partial charge >= 0.3 is 0 Å². The molecule has 116 valence electrons. The van der Waals surface area contributed by atoms with E-state index in [0.717, 1.165) is 23.8 Å². The maximum atomic E-state index is 10.2. The van der Waals surface area contributed by atoms with E-state index in [4.69, 9.17) is 4.74 Å². The molecule has 2 aliphatic rings. The smallest absolute Gasteiger partial charge is 0.126 e. The van der Waals surface area contributed by atoms with Gasteiger partial charge in [0.2, 0.25) is 0 Å². The van der Waals surface area contributed by atoms with Gasteiger partial charge in [0, 0.05) is 23.8 Å². The molecule has 0 amide bonds. The Balaban J connectivity index is 1.98. The molecule has 1 N–H and O–H groups in total. The SMILES string of the molecule is COc1cccc(N2CCCC3CCCCC32)c1[C@@H](C)O. The van der Waals surface area contributed by atoms with Crippen LogP contribution < -0.4 is 9.64 Å². The van der Waals surface area contributed by atoms with Crippen LogP contribution in [-0.4, -0.2) is 24.8 Å². The van der Waals surface area contributed by atoms with E-state index in [9.17, 15) is 5.11 Å². The van der Waals surface area contributed by atoms with Crippen molar-refractivity contribution in [1.82, 2.24) is 0 Å². The number of anilines is 1. The minimum atomic E-state index is -0.500. The average Bonchev–Trinajstić information content (AvgIpc) is 2.53. The van der Waals surface area contributed by atoms with Gasteiger partial charge < -0.3 is 14.7 Å². The van der Waals surface area contributed by atoms with Gasteiger partial charge in [0.1, 0.15) is 5.75 Å². The number of rotatable bonds is 3. The number of fused-ring (bicyclic) bond motifs is 1. The van der Waals surface area contributed by atoms with Crippen LogP contribution in [0.15, 0.2) is 18.2 Å². The van der Waals surface area contributed by atoms with Crippen molar-refractivity contribution in [3.63, 3.8) is 0 Å². The molecule has 1 aromatic rings. The third kappa shape index (κ3) is 2.76. The molecule has 0 aromatic heterocycles. The zero-order valence-corrected chi connectivity index (χ0v) is 13.2. The van der Waals surface area contributed by atoms with Gasteiger partial charge in [0.25, 0.3) is 0 Å². The lowest BCUT2D eigenvalue weighted by atomic mass is 9.78. The van der Waals surface area contributed by atoms with Crippen molar-refractivity contribution in [1.29, 1.82) is 0 Å². The third-order valence-electron chi connectivity index (χ3n) is 5.23. The summed E-state index contributed by atoms with van der Waals surface area (Å²) in [5.74, 6) is 1.64. The molecule has 3 rings (SSSR count). The van der Waals surface area contributed by atoms with Crippen LogP contribution >= 0.6 is 0 Å². The molecule has 1 aliphatic heterocycles. The average molecular weight is 289 g/mol. The molecule has 0 bridgehead atoms. The fourth-order valence-corrected chi connectivity index (χ4v) is 4.30. The summed E-state index contributed by atoms with van der Waals surface area (Å²) in [6.07, 6.45) is 7.52. The van der Waals surface area contributed by atoms with Gasteiger partial charge in [-0.1, -0.05) is 18.9 Å². The molecule has 0 radical (unpaired) electrons. The van der Waals surface area contributed by atoms with Crippen molar-refractivity contribution in [2.75, 3.05) is 18.6 Å². The highest BCUT2D eigenvalue weighted by Crippen LogP contribution is 2.42. The lowest BCUT2D eigenvalue weighted by Gasteiger charge is -2.46. The first-order valence-electron chi connectivity index (χ1n) is 8.34. The summed E-state index contributed by atoms with van der Waals surface area (Å²) >= 11 is 0. The minimum absolute atomic E-state index is 0.500. The second-order valence-electron chi connectivity index (χ2n) is 6.52. The third-order valence-corrected chi connectivity index (χ3v) is 5.23. The molecule has 3 atom stereocenters. The fraction of sp³-hybridized carbons (Fsp3) is 0.667. The Morgan fingerprint density at radius 2 is 1.95 bits per heavy atom. The minimum Gasteiger partial charge on any atom is -0.496 e. The summed E-state index contributed by atoms with van der Waals surface area (Å²) in [4.78, 5) is 2.55. The van der Waals surface area contributed by atoms with E-state index in [1.165, 1.54) is 44.2 Å². The predicted octanol–water partition coefficient (Wildman–Crippen LogP) is 3.91. The zero-order chi connectivity index (χ0) is 14.8. The summed E-state index contributed by atoms with van der Waals surface area (Å²) in [5.41, 5.74) is 2.13. The van der Waals surface area contributed by atoms with E-state index in [2.05, 4.69) is 11.0 Å². The van der Waals surface area contributed by atoms with E-state index in [1.807, 2.05) is 19.1 Å². The first-order valence-corrected chi connectivity index (χ1v) is 8.34. The Morgan fingerprint density at radius 3 is 2.71 bits per heavy atom. The molecular formula is C18H27NO2. The molecule has 1 heterocycles. The van der Waals surface area contributed by atoms with Crippen LogP contribution in [0.2, 0.25) is 0 Å². The van der Waals surface area contributed by atoms with Crippen molar-refractivity contribution in [2.24, 2.45) is 5.92 Å². The Hall–Kier alpha value is -1.22. The van der Waals surface area contributed by atoms with Crippen LogP contribution in [0.1, 0.15) is 57.1 Å². The van der Waals surface area contributed by atoms with E-state index in [-0.39, 0.29) is 0 Å². The monoisotopic (exact) mass is 289 g/mol. The molecule has 0 spiro atoms. The molecule has 1 saturated carbocycles. The topological polar surface area (TPSA) is 32.7 Å². The Bertz CT molecular complexity index is 484. The number of hydrogen-bond donors (Lipinski definition) is 1. The second kappa shape index (κ2) is 6.27. The molecule has 2 fully saturated rings. The van der Waals surface area contributed by atoms with Crippen LogP contribution in [0.4, 0.5) is 5.69 Å². The van der Waals surface area contributed by atoms with Crippen LogP contribution in [-0.2, 0) is 0 Å². The fourth-order valence-electron chi connectivity index (χ4n) is 4.30. The highest BCUT2D eigenvalue weighted by Gasteiger charge is 2.34. The van der Waals surface area contributed by atoms with E-state index in [0.29, 0.717) is 6.04 Å². The number of methoxy groups -OCH3 is 1. The summed E-state index contributed by atoms with van der Waals surface area (Å²) in [6, 6.07) is 6.80. The van der Waals surface area contributed by atoms with Gasteiger partial charge in [-0.15, -0.1) is 0 Å². The van der Waals surface area contributed by atoms with Gasteiger partial charge in [0.15, 0.2) is 0 Å². The number of aliphatic hydroxyl groups is 1. The number of nitrogens with zero attached hydrogens (tertiary/aromatic N) is 1. The Labute approximate surface area is 127 Å². The summed E-state index contributed by atoms with van der Waals surface area (Å²) in [6.45, 7) is 2.94. The normalized spacial score (nSPS) is 27.1. The number of ether oxygens (including phenoxy) is 1. The zero-order valence-electron chi connectivity index (χ0n) is 13.2. The van der Waals surface area contributed by atoms with Gasteiger partial charge in [0.05, 0.1) is 13.2 Å². The summed E-state index contributed by atoms with van der Waals surface area (Å²) < 4.78 is 5.49. The standard InChI is InChI=1S/C18H27NO2/c1-13(20)18-16(10-5-11-17(18)21-2)19-12-6-8-14-7-3-4-9-15(14)19/h5,10-11,13-15,20H,3-4,6-9,12H2,1-2H3/t13-,14?,15?/m1/s1. The first-order chi connectivity index (χ1) is 10.2. The van der Waals surface area contributed by atoms with Crippen molar-refractivity contribution in [3.05, 3.63) is 23.8 Å². The summed E-state index contributed by atoms with van der Waals surface area (Å²) in [5, 5.41) is 10.2. The van der Waals surface area contributed by atoms with Crippen molar-refractivity contribution in [3.8, 4) is 5.75 Å². The van der Waals surface area contributed by atoms with E-state index < -0.39 is 6.10 Å². The largest absolute Gasteiger partial charge is 0.496 e. The lowest BCUT2D eigenvalue weighted by Crippen LogP contribution is -2.47. The molecule has 3 heteroatoms. The van der Waals surface area contributed by atoms with Crippen molar-refractivity contribution >= 4 is 5.69 Å². The van der Waals surface area contributed by atoms with E-state index in [1.54, 1.807) is 7.11 Å². The number of benzene rings is 1. The highest BCUT2D eigenvalue weighted by molar-refractivity contribution is 5.61. The predicted molar refractivity (Wildman–Crippen MR) is 86.0 cm³/mol. The number of hydrogen-bond acceptors (Lipinski definition) is 3. The molecule has 1 aromatic carbocycles.